The summed E-state index contributed by atoms with van der Waals surface area (Å²) in [6.07, 6.45) is 1.99. The molecule has 0 bridgehead atoms. The average Bonchev–Trinajstić information content (AvgIpc) is 2.63. The van der Waals surface area contributed by atoms with E-state index in [0.29, 0.717) is 10.8 Å². The summed E-state index contributed by atoms with van der Waals surface area (Å²) in [5, 5.41) is 0.741. The van der Waals surface area contributed by atoms with Crippen molar-refractivity contribution in [2.75, 3.05) is 5.75 Å². The molecule has 0 aromatic heterocycles. The molecule has 3 nitrogen and oxygen atoms in total. The van der Waals surface area contributed by atoms with Crippen LogP contribution in [-0.2, 0) is 14.1 Å². The van der Waals surface area contributed by atoms with Gasteiger partial charge in [0.2, 0.25) is 0 Å². The van der Waals surface area contributed by atoms with Crippen molar-refractivity contribution in [3.63, 3.8) is 0 Å². The van der Waals surface area contributed by atoms with E-state index in [1.807, 2.05) is 58.0 Å². The fourth-order valence-corrected chi connectivity index (χ4v) is 2.96. The predicted octanol–water partition coefficient (Wildman–Crippen LogP) is 4.63. The van der Waals surface area contributed by atoms with Crippen molar-refractivity contribution in [2.24, 2.45) is 0 Å². The van der Waals surface area contributed by atoms with Gasteiger partial charge >= 0.3 is 7.12 Å². The molecular weight excluding hydrogens is 331 g/mol. The number of carbonyl (C=O) groups excluding carboxylic acids is 1. The van der Waals surface area contributed by atoms with Crippen molar-refractivity contribution in [2.45, 2.75) is 45.8 Å². The van der Waals surface area contributed by atoms with Gasteiger partial charge < -0.3 is 9.31 Å². The number of thioether (sulfide) groups is 1. The lowest BCUT2D eigenvalue weighted by Gasteiger charge is -2.32. The van der Waals surface area contributed by atoms with Gasteiger partial charge in [0, 0.05) is 17.7 Å². The van der Waals surface area contributed by atoms with Crippen LogP contribution in [0.4, 0.5) is 0 Å². The Morgan fingerprint density at radius 3 is 2.39 bits per heavy atom. The molecule has 6 heteroatoms. The molecule has 0 radical (unpaired) electrons. The lowest BCUT2D eigenvalue weighted by atomic mass is 9.78. The maximum absolute atomic E-state index is 11.4. The first-order valence-corrected chi connectivity index (χ1v) is 8.92. The Labute approximate surface area is 147 Å². The maximum atomic E-state index is 11.4. The van der Waals surface area contributed by atoms with Crippen molar-refractivity contribution >= 4 is 41.7 Å². The molecule has 0 spiro atoms. The SMILES string of the molecule is CC(=O)SCC(=Cc1cccc(Cl)c1)B1OC(C)(C)C(C)(C)O1. The highest BCUT2D eigenvalue weighted by molar-refractivity contribution is 8.13. The van der Waals surface area contributed by atoms with E-state index < -0.39 is 18.3 Å². The monoisotopic (exact) mass is 352 g/mol. The van der Waals surface area contributed by atoms with Crippen LogP contribution in [0, 0.1) is 0 Å². The minimum atomic E-state index is -0.467. The molecule has 1 saturated heterocycles. The van der Waals surface area contributed by atoms with Gasteiger partial charge in [-0.1, -0.05) is 41.6 Å². The van der Waals surface area contributed by atoms with Crippen LogP contribution < -0.4 is 0 Å². The first-order chi connectivity index (χ1) is 10.6. The number of hydrogen-bond donors (Lipinski definition) is 0. The highest BCUT2D eigenvalue weighted by atomic mass is 35.5. The minimum absolute atomic E-state index is 0.0681. The minimum Gasteiger partial charge on any atom is -0.400 e. The number of carbonyl (C=O) groups is 1. The standard InChI is InChI=1S/C17H22BClO3S/c1-12(20)23-11-14(9-13-7-6-8-15(19)10-13)18-21-16(2,3)17(4,5)22-18/h6-10H,11H2,1-5H3. The normalized spacial score (nSPS) is 19.9. The van der Waals surface area contributed by atoms with E-state index in [-0.39, 0.29) is 5.12 Å². The summed E-state index contributed by atoms with van der Waals surface area (Å²) in [6.45, 7) is 9.63. The molecule has 1 aromatic carbocycles. The number of hydrogen-bond acceptors (Lipinski definition) is 4. The van der Waals surface area contributed by atoms with E-state index in [1.54, 1.807) is 6.92 Å². The number of rotatable bonds is 4. The summed E-state index contributed by atoms with van der Waals surface area (Å²) in [5.74, 6) is 0.526. The summed E-state index contributed by atoms with van der Waals surface area (Å²) in [5.41, 5.74) is 1.07. The molecule has 0 N–H and O–H groups in total. The molecule has 124 valence electrons. The van der Waals surface area contributed by atoms with E-state index >= 15 is 0 Å². The molecule has 1 aliphatic heterocycles. The third kappa shape index (κ3) is 4.63. The molecule has 1 heterocycles. The summed E-state index contributed by atoms with van der Waals surface area (Å²) in [6, 6.07) is 7.58. The smallest absolute Gasteiger partial charge is 0.400 e. The topological polar surface area (TPSA) is 35.5 Å². The van der Waals surface area contributed by atoms with Gasteiger partial charge in [0.05, 0.1) is 11.2 Å². The van der Waals surface area contributed by atoms with Crippen molar-refractivity contribution in [3.8, 4) is 0 Å². The second-order valence-corrected chi connectivity index (χ2v) is 8.23. The quantitative estimate of drug-likeness (QED) is 0.740. The molecule has 0 atom stereocenters. The summed E-state index contributed by atoms with van der Waals surface area (Å²) < 4.78 is 12.2. The van der Waals surface area contributed by atoms with Gasteiger partial charge in [0.1, 0.15) is 0 Å². The van der Waals surface area contributed by atoms with Gasteiger partial charge in [0.15, 0.2) is 5.12 Å². The van der Waals surface area contributed by atoms with Gasteiger partial charge in [-0.05, 0) is 50.9 Å². The summed E-state index contributed by atoms with van der Waals surface area (Å²) >= 11 is 7.30. The van der Waals surface area contributed by atoms with Gasteiger partial charge in [-0.15, -0.1) is 0 Å². The van der Waals surface area contributed by atoms with Crippen molar-refractivity contribution in [3.05, 3.63) is 40.3 Å². The number of benzene rings is 1. The highest BCUT2D eigenvalue weighted by Crippen LogP contribution is 2.39. The molecule has 1 aliphatic rings. The van der Waals surface area contributed by atoms with E-state index in [4.69, 9.17) is 20.9 Å². The lowest BCUT2D eigenvalue weighted by Crippen LogP contribution is -2.41. The Hall–Kier alpha value is -0.745. The average molecular weight is 353 g/mol. The fraction of sp³-hybridized carbons (Fsp3) is 0.471. The Balaban J connectivity index is 2.30. The maximum Gasteiger partial charge on any atom is 0.491 e. The van der Waals surface area contributed by atoms with Gasteiger partial charge in [-0.2, -0.15) is 0 Å². The molecule has 0 saturated carbocycles. The second kappa shape index (κ2) is 7.02. The largest absolute Gasteiger partial charge is 0.491 e. The van der Waals surface area contributed by atoms with Gasteiger partial charge in [-0.3, -0.25) is 4.79 Å². The Kier molecular flexibility index (Phi) is 5.67. The van der Waals surface area contributed by atoms with E-state index in [2.05, 4.69) is 0 Å². The van der Waals surface area contributed by atoms with Crippen LogP contribution in [0.3, 0.4) is 0 Å². The van der Waals surface area contributed by atoms with Gasteiger partial charge in [0.25, 0.3) is 0 Å². The molecule has 0 unspecified atom stereocenters. The zero-order valence-corrected chi connectivity index (χ0v) is 15.8. The highest BCUT2D eigenvalue weighted by Gasteiger charge is 2.52. The lowest BCUT2D eigenvalue weighted by molar-refractivity contribution is -0.109. The van der Waals surface area contributed by atoms with E-state index in [1.165, 1.54) is 11.8 Å². The molecular formula is C17H22BClO3S. The third-order valence-electron chi connectivity index (χ3n) is 4.20. The predicted molar refractivity (Wildman–Crippen MR) is 98.7 cm³/mol. The van der Waals surface area contributed by atoms with Crippen molar-refractivity contribution < 1.29 is 14.1 Å². The van der Waals surface area contributed by atoms with E-state index in [0.717, 1.165) is 11.0 Å². The second-order valence-electron chi connectivity index (χ2n) is 6.64. The van der Waals surface area contributed by atoms with Gasteiger partial charge in [-0.25, -0.2) is 0 Å². The first kappa shape index (κ1) is 18.6. The number of halogens is 1. The van der Waals surface area contributed by atoms with Crippen LogP contribution in [0.15, 0.2) is 29.7 Å². The Morgan fingerprint density at radius 2 is 1.87 bits per heavy atom. The Morgan fingerprint density at radius 1 is 1.26 bits per heavy atom. The van der Waals surface area contributed by atoms with Crippen LogP contribution in [-0.4, -0.2) is 29.2 Å². The zero-order chi connectivity index (χ0) is 17.3. The van der Waals surface area contributed by atoms with Crippen molar-refractivity contribution in [1.29, 1.82) is 0 Å². The summed E-state index contributed by atoms with van der Waals surface area (Å²) in [7, 11) is -0.467. The van der Waals surface area contributed by atoms with Crippen LogP contribution in [0.2, 0.25) is 5.02 Å². The van der Waals surface area contributed by atoms with Crippen LogP contribution in [0.5, 0.6) is 0 Å². The molecule has 0 aliphatic carbocycles. The molecule has 1 aromatic rings. The first-order valence-electron chi connectivity index (χ1n) is 7.56. The van der Waals surface area contributed by atoms with Crippen LogP contribution in [0.1, 0.15) is 40.2 Å². The van der Waals surface area contributed by atoms with Crippen LogP contribution in [0.25, 0.3) is 6.08 Å². The van der Waals surface area contributed by atoms with E-state index in [9.17, 15) is 4.79 Å². The molecule has 1 fully saturated rings. The zero-order valence-electron chi connectivity index (χ0n) is 14.2. The Bertz CT molecular complexity index is 612. The summed E-state index contributed by atoms with van der Waals surface area (Å²) in [4.78, 5) is 11.4. The third-order valence-corrected chi connectivity index (χ3v) is 5.32. The molecule has 0 amide bonds. The van der Waals surface area contributed by atoms with Crippen molar-refractivity contribution in [1.82, 2.24) is 0 Å². The molecule has 2 rings (SSSR count). The van der Waals surface area contributed by atoms with Crippen LogP contribution >= 0.6 is 23.4 Å². The molecule has 23 heavy (non-hydrogen) atoms. The fourth-order valence-electron chi connectivity index (χ4n) is 2.17.